The first-order chi connectivity index (χ1) is 9.66. The Kier molecular flexibility index (Phi) is 4.92. The van der Waals surface area contributed by atoms with E-state index < -0.39 is 11.9 Å². The van der Waals surface area contributed by atoms with Crippen molar-refractivity contribution in [2.75, 3.05) is 19.7 Å². The quantitative estimate of drug-likeness (QED) is 0.790. The minimum absolute atomic E-state index is 0.00327. The highest BCUT2D eigenvalue weighted by Crippen LogP contribution is 2.17. The molecule has 2 heterocycles. The summed E-state index contributed by atoms with van der Waals surface area (Å²) < 4.78 is 5.45. The van der Waals surface area contributed by atoms with Crippen LogP contribution in [-0.2, 0) is 9.59 Å². The molecule has 1 amide bonds. The molecular formula is C14H18N2O4. The summed E-state index contributed by atoms with van der Waals surface area (Å²) in [6, 6.07) is 3.60. The number of carboxylic acids is 1. The summed E-state index contributed by atoms with van der Waals surface area (Å²) in [4.78, 5) is 28.3. The van der Waals surface area contributed by atoms with E-state index >= 15 is 0 Å². The number of carboxylic acid groups (broad SMARTS) is 1. The number of pyridine rings is 1. The lowest BCUT2D eigenvalue weighted by Gasteiger charge is -2.15. The third-order valence-electron chi connectivity index (χ3n) is 3.33. The first-order valence-electron chi connectivity index (χ1n) is 6.70. The molecule has 6 nitrogen and oxygen atoms in total. The standard InChI is InChI=1S/C14H18N2O4/c17-13(16-7-5-11(10-16)14(18)19)4-2-8-20-12-3-1-6-15-9-12/h1,3,6,9,11H,2,4-5,7-8,10H2,(H,18,19)/t11-/m1/s1. The summed E-state index contributed by atoms with van der Waals surface area (Å²) in [6.07, 6.45) is 4.84. The van der Waals surface area contributed by atoms with Crippen molar-refractivity contribution in [3.05, 3.63) is 24.5 Å². The first-order valence-corrected chi connectivity index (χ1v) is 6.70. The Morgan fingerprint density at radius 2 is 2.35 bits per heavy atom. The van der Waals surface area contributed by atoms with E-state index in [4.69, 9.17) is 9.84 Å². The molecule has 0 spiro atoms. The molecule has 1 atom stereocenters. The molecule has 6 heteroatoms. The van der Waals surface area contributed by atoms with E-state index in [-0.39, 0.29) is 5.91 Å². The average Bonchev–Trinajstić information content (AvgIpc) is 2.94. The van der Waals surface area contributed by atoms with E-state index in [0.29, 0.717) is 44.7 Å². The molecule has 1 aromatic heterocycles. The van der Waals surface area contributed by atoms with Crippen molar-refractivity contribution in [3.8, 4) is 5.75 Å². The highest BCUT2D eigenvalue weighted by atomic mass is 16.5. The zero-order chi connectivity index (χ0) is 14.4. The van der Waals surface area contributed by atoms with Gasteiger partial charge in [0.15, 0.2) is 0 Å². The third-order valence-corrected chi connectivity index (χ3v) is 3.33. The van der Waals surface area contributed by atoms with Crippen LogP contribution in [0.3, 0.4) is 0 Å². The van der Waals surface area contributed by atoms with Crippen LogP contribution in [0, 0.1) is 5.92 Å². The van der Waals surface area contributed by atoms with Crippen molar-refractivity contribution in [2.24, 2.45) is 5.92 Å². The maximum atomic E-state index is 11.9. The van der Waals surface area contributed by atoms with E-state index in [1.807, 2.05) is 6.07 Å². The lowest BCUT2D eigenvalue weighted by atomic mass is 10.1. The van der Waals surface area contributed by atoms with Gasteiger partial charge in [-0.2, -0.15) is 0 Å². The summed E-state index contributed by atoms with van der Waals surface area (Å²) >= 11 is 0. The molecular weight excluding hydrogens is 260 g/mol. The van der Waals surface area contributed by atoms with Crippen LogP contribution in [0.1, 0.15) is 19.3 Å². The van der Waals surface area contributed by atoms with Gasteiger partial charge < -0.3 is 14.7 Å². The molecule has 0 aliphatic carbocycles. The largest absolute Gasteiger partial charge is 0.492 e. The molecule has 1 fully saturated rings. The maximum absolute atomic E-state index is 11.9. The molecule has 1 aliphatic rings. The van der Waals surface area contributed by atoms with Crippen molar-refractivity contribution in [3.63, 3.8) is 0 Å². The molecule has 0 aromatic carbocycles. The number of rotatable bonds is 6. The number of carbonyl (C=O) groups excluding carboxylic acids is 1. The average molecular weight is 278 g/mol. The zero-order valence-corrected chi connectivity index (χ0v) is 11.2. The van der Waals surface area contributed by atoms with Crippen LogP contribution in [-0.4, -0.2) is 46.6 Å². The first kappa shape index (κ1) is 14.3. The summed E-state index contributed by atoms with van der Waals surface area (Å²) in [7, 11) is 0. The van der Waals surface area contributed by atoms with Gasteiger partial charge in [0.05, 0.1) is 18.7 Å². The van der Waals surface area contributed by atoms with E-state index in [0.717, 1.165) is 0 Å². The van der Waals surface area contributed by atoms with Crippen LogP contribution < -0.4 is 4.74 Å². The fourth-order valence-corrected chi connectivity index (χ4v) is 2.19. The van der Waals surface area contributed by atoms with Crippen LogP contribution in [0.15, 0.2) is 24.5 Å². The van der Waals surface area contributed by atoms with Gasteiger partial charge in [-0.15, -0.1) is 0 Å². The smallest absolute Gasteiger partial charge is 0.308 e. The fraction of sp³-hybridized carbons (Fsp3) is 0.500. The van der Waals surface area contributed by atoms with Gasteiger partial charge in [0.1, 0.15) is 5.75 Å². The monoisotopic (exact) mass is 278 g/mol. The topological polar surface area (TPSA) is 79.7 Å². The Hall–Kier alpha value is -2.11. The van der Waals surface area contributed by atoms with Gasteiger partial charge in [0.2, 0.25) is 5.91 Å². The Morgan fingerprint density at radius 1 is 1.50 bits per heavy atom. The normalized spacial score (nSPS) is 18.0. The van der Waals surface area contributed by atoms with Crippen LogP contribution in [0.2, 0.25) is 0 Å². The van der Waals surface area contributed by atoms with E-state index in [1.54, 1.807) is 23.4 Å². The van der Waals surface area contributed by atoms with Gasteiger partial charge in [-0.25, -0.2) is 0 Å². The Morgan fingerprint density at radius 3 is 3.00 bits per heavy atom. The van der Waals surface area contributed by atoms with E-state index in [9.17, 15) is 9.59 Å². The number of likely N-dealkylation sites (tertiary alicyclic amines) is 1. The zero-order valence-electron chi connectivity index (χ0n) is 11.2. The minimum Gasteiger partial charge on any atom is -0.492 e. The minimum atomic E-state index is -0.819. The highest BCUT2D eigenvalue weighted by molar-refractivity contribution is 5.78. The Bertz CT molecular complexity index is 464. The molecule has 1 aliphatic heterocycles. The molecule has 0 unspecified atom stereocenters. The van der Waals surface area contributed by atoms with Gasteiger partial charge in [0.25, 0.3) is 0 Å². The molecule has 1 aromatic rings. The molecule has 20 heavy (non-hydrogen) atoms. The van der Waals surface area contributed by atoms with Gasteiger partial charge in [0, 0.05) is 25.7 Å². The lowest BCUT2D eigenvalue weighted by molar-refractivity contribution is -0.141. The predicted molar refractivity (Wildman–Crippen MR) is 71.3 cm³/mol. The SMILES string of the molecule is O=C(O)[C@@H]1CCN(C(=O)CCCOc2cccnc2)C1. The number of nitrogens with zero attached hydrogens (tertiary/aromatic N) is 2. The number of amides is 1. The van der Waals surface area contributed by atoms with Crippen molar-refractivity contribution in [2.45, 2.75) is 19.3 Å². The van der Waals surface area contributed by atoms with Crippen molar-refractivity contribution in [1.29, 1.82) is 0 Å². The molecule has 0 saturated carbocycles. The van der Waals surface area contributed by atoms with Crippen molar-refractivity contribution in [1.82, 2.24) is 9.88 Å². The predicted octanol–water partition coefficient (Wildman–Crippen LogP) is 1.17. The molecule has 1 saturated heterocycles. The Balaban J connectivity index is 1.65. The van der Waals surface area contributed by atoms with Gasteiger partial charge >= 0.3 is 5.97 Å². The van der Waals surface area contributed by atoms with Gasteiger partial charge in [-0.1, -0.05) is 0 Å². The summed E-state index contributed by atoms with van der Waals surface area (Å²) in [5.74, 6) is -0.540. The number of carbonyl (C=O) groups is 2. The third kappa shape index (κ3) is 3.94. The summed E-state index contributed by atoms with van der Waals surface area (Å²) in [5.41, 5.74) is 0. The van der Waals surface area contributed by atoms with E-state index in [1.165, 1.54) is 0 Å². The maximum Gasteiger partial charge on any atom is 0.308 e. The number of aliphatic carboxylic acids is 1. The van der Waals surface area contributed by atoms with Crippen LogP contribution in [0.25, 0.3) is 0 Å². The number of hydrogen-bond donors (Lipinski definition) is 1. The van der Waals surface area contributed by atoms with Crippen LogP contribution in [0.4, 0.5) is 0 Å². The number of aromatic nitrogens is 1. The summed E-state index contributed by atoms with van der Waals surface area (Å²) in [6.45, 7) is 1.32. The van der Waals surface area contributed by atoms with Crippen LogP contribution >= 0.6 is 0 Å². The molecule has 108 valence electrons. The van der Waals surface area contributed by atoms with Crippen LogP contribution in [0.5, 0.6) is 5.75 Å². The van der Waals surface area contributed by atoms with E-state index in [2.05, 4.69) is 4.98 Å². The Labute approximate surface area is 117 Å². The molecule has 2 rings (SSSR count). The lowest BCUT2D eigenvalue weighted by Crippen LogP contribution is -2.30. The van der Waals surface area contributed by atoms with Gasteiger partial charge in [-0.3, -0.25) is 14.6 Å². The second-order valence-electron chi connectivity index (χ2n) is 4.80. The van der Waals surface area contributed by atoms with Gasteiger partial charge in [-0.05, 0) is 25.0 Å². The van der Waals surface area contributed by atoms with Crippen molar-refractivity contribution >= 4 is 11.9 Å². The van der Waals surface area contributed by atoms with Crippen molar-refractivity contribution < 1.29 is 19.4 Å². The molecule has 0 radical (unpaired) electrons. The number of ether oxygens (including phenoxy) is 1. The highest BCUT2D eigenvalue weighted by Gasteiger charge is 2.30. The summed E-state index contributed by atoms with van der Waals surface area (Å²) in [5, 5.41) is 8.89. The second kappa shape index (κ2) is 6.88. The molecule has 1 N–H and O–H groups in total. The molecule has 0 bridgehead atoms. The second-order valence-corrected chi connectivity index (χ2v) is 4.80. The fourth-order valence-electron chi connectivity index (χ4n) is 2.19. The number of hydrogen-bond acceptors (Lipinski definition) is 4.